The van der Waals surface area contributed by atoms with Crippen molar-refractivity contribution in [2.75, 3.05) is 20.1 Å². The normalized spacial score (nSPS) is 18.1. The number of hydrogen-bond donors (Lipinski definition) is 2. The minimum atomic E-state index is -0.444. The molecule has 0 aromatic heterocycles. The van der Waals surface area contributed by atoms with Gasteiger partial charge in [-0.25, -0.2) is 4.79 Å². The Bertz CT molecular complexity index is 350. The molecule has 0 bridgehead atoms. The summed E-state index contributed by atoms with van der Waals surface area (Å²) in [5, 5.41) is 10.4. The number of carbonyl (C=O) groups is 1. The third-order valence-electron chi connectivity index (χ3n) is 3.10. The van der Waals surface area contributed by atoms with E-state index in [0.29, 0.717) is 19.0 Å². The van der Waals surface area contributed by atoms with Crippen LogP contribution in [0.25, 0.3) is 0 Å². The van der Waals surface area contributed by atoms with Crippen molar-refractivity contribution in [2.45, 2.75) is 39.2 Å². The molecule has 1 amide bonds. The minimum absolute atomic E-state index is 0.236. The van der Waals surface area contributed by atoms with Crippen molar-refractivity contribution in [3.05, 3.63) is 11.8 Å². The average molecular weight is 267 g/mol. The molecule has 0 atom stereocenters. The number of hydrogen-bond acceptors (Lipinski definition) is 4. The van der Waals surface area contributed by atoms with Crippen LogP contribution >= 0.6 is 0 Å². The lowest BCUT2D eigenvalue weighted by atomic mass is 9.90. The van der Waals surface area contributed by atoms with E-state index in [2.05, 4.69) is 5.32 Å². The molecule has 0 unspecified atom stereocenters. The Morgan fingerprint density at radius 3 is 2.37 bits per heavy atom. The molecule has 0 saturated carbocycles. The number of amides is 1. The monoisotopic (exact) mass is 267 g/mol. The van der Waals surface area contributed by atoms with E-state index in [1.54, 1.807) is 4.90 Å². The van der Waals surface area contributed by atoms with Crippen LogP contribution in [0.3, 0.4) is 0 Å². The predicted molar refractivity (Wildman–Crippen MR) is 76.5 cm³/mol. The maximum absolute atomic E-state index is 11.9. The fourth-order valence-electron chi connectivity index (χ4n) is 2.17. The van der Waals surface area contributed by atoms with Crippen LogP contribution in [-0.4, -0.2) is 42.9 Å². The summed E-state index contributed by atoms with van der Waals surface area (Å²) in [5.74, 6) is 0.351. The van der Waals surface area contributed by atoms with E-state index in [9.17, 15) is 4.79 Å². The zero-order valence-corrected chi connectivity index (χ0v) is 12.3. The highest BCUT2D eigenvalue weighted by atomic mass is 16.6. The van der Waals surface area contributed by atoms with Gasteiger partial charge in [0.05, 0.1) is 0 Å². The maximum Gasteiger partial charge on any atom is 0.410 e. The Balaban J connectivity index is 2.51. The van der Waals surface area contributed by atoms with Gasteiger partial charge >= 0.3 is 6.09 Å². The molecule has 0 spiro atoms. The van der Waals surface area contributed by atoms with Crippen LogP contribution in [0.15, 0.2) is 11.8 Å². The first-order valence-electron chi connectivity index (χ1n) is 6.73. The van der Waals surface area contributed by atoms with Gasteiger partial charge in [0.2, 0.25) is 0 Å². The molecule has 5 nitrogen and oxygen atoms in total. The molecule has 1 aliphatic heterocycles. The molecule has 0 aliphatic carbocycles. The van der Waals surface area contributed by atoms with Gasteiger partial charge in [0.15, 0.2) is 0 Å². The molecule has 1 rings (SSSR count). The van der Waals surface area contributed by atoms with E-state index >= 15 is 0 Å². The third-order valence-corrected chi connectivity index (χ3v) is 3.10. The van der Waals surface area contributed by atoms with Gasteiger partial charge in [-0.3, -0.25) is 0 Å². The van der Waals surface area contributed by atoms with Crippen molar-refractivity contribution in [2.24, 2.45) is 5.92 Å². The Morgan fingerprint density at radius 1 is 1.37 bits per heavy atom. The smallest absolute Gasteiger partial charge is 0.410 e. The van der Waals surface area contributed by atoms with Crippen LogP contribution < -0.4 is 5.32 Å². The Hall–Kier alpha value is -1.52. The van der Waals surface area contributed by atoms with Crippen molar-refractivity contribution in [3.8, 4) is 0 Å². The molecule has 1 heterocycles. The van der Waals surface area contributed by atoms with Crippen molar-refractivity contribution in [1.29, 1.82) is 5.41 Å². The summed E-state index contributed by atoms with van der Waals surface area (Å²) in [7, 11) is 1.83. The molecule has 19 heavy (non-hydrogen) atoms. The highest BCUT2D eigenvalue weighted by Gasteiger charge is 2.27. The molecule has 2 N–H and O–H groups in total. The number of nitrogens with zero attached hydrogens (tertiary/aromatic N) is 1. The van der Waals surface area contributed by atoms with E-state index in [1.165, 1.54) is 6.21 Å². The van der Waals surface area contributed by atoms with Gasteiger partial charge in [0.1, 0.15) is 5.60 Å². The number of piperidine rings is 1. The topological polar surface area (TPSA) is 65.4 Å². The predicted octanol–water partition coefficient (Wildman–Crippen LogP) is 2.39. The first kappa shape index (κ1) is 15.5. The van der Waals surface area contributed by atoms with E-state index in [-0.39, 0.29) is 6.09 Å². The maximum atomic E-state index is 11.9. The van der Waals surface area contributed by atoms with E-state index in [4.69, 9.17) is 10.1 Å². The van der Waals surface area contributed by atoms with Crippen molar-refractivity contribution >= 4 is 12.3 Å². The van der Waals surface area contributed by atoms with Crippen molar-refractivity contribution in [1.82, 2.24) is 10.2 Å². The number of carbonyl (C=O) groups excluding carboxylic acids is 1. The fourth-order valence-corrected chi connectivity index (χ4v) is 2.17. The number of ether oxygens (including phenoxy) is 1. The quantitative estimate of drug-likeness (QED) is 0.772. The van der Waals surface area contributed by atoms with Crippen LogP contribution in [0, 0.1) is 11.3 Å². The van der Waals surface area contributed by atoms with Crippen LogP contribution in [0.4, 0.5) is 4.79 Å². The molecule has 1 aliphatic rings. The number of rotatable bonds is 3. The highest BCUT2D eigenvalue weighted by molar-refractivity contribution is 5.76. The molecule has 1 saturated heterocycles. The minimum Gasteiger partial charge on any atom is -0.444 e. The first-order chi connectivity index (χ1) is 8.87. The Morgan fingerprint density at radius 2 is 1.95 bits per heavy atom. The van der Waals surface area contributed by atoms with Crippen LogP contribution in [-0.2, 0) is 4.74 Å². The van der Waals surface area contributed by atoms with Crippen molar-refractivity contribution in [3.63, 3.8) is 0 Å². The molecular formula is C14H25N3O2. The summed E-state index contributed by atoms with van der Waals surface area (Å²) in [5.41, 5.74) is 0.548. The number of nitrogens with one attached hydrogen (secondary N) is 2. The number of likely N-dealkylation sites (tertiary alicyclic amines) is 1. The Labute approximate surface area is 115 Å². The Kier molecular flexibility index (Phi) is 5.39. The van der Waals surface area contributed by atoms with Gasteiger partial charge in [-0.1, -0.05) is 0 Å². The van der Waals surface area contributed by atoms with E-state index < -0.39 is 5.60 Å². The highest BCUT2D eigenvalue weighted by Crippen LogP contribution is 2.24. The van der Waals surface area contributed by atoms with Crippen LogP contribution in [0.5, 0.6) is 0 Å². The molecule has 108 valence electrons. The summed E-state index contributed by atoms with van der Waals surface area (Å²) in [6, 6.07) is 0. The standard InChI is InChI=1S/C14H25N3O2/c1-14(2,3)19-13(18)17-7-5-11(6-8-17)12(9-15)10-16-4/h9-11,15-16H,5-8H2,1-4H3/b12-10+,15-9?. The van der Waals surface area contributed by atoms with Gasteiger partial charge in [-0.05, 0) is 45.1 Å². The summed E-state index contributed by atoms with van der Waals surface area (Å²) in [6.07, 6.45) is 4.77. The zero-order chi connectivity index (χ0) is 14.5. The second-order valence-electron chi connectivity index (χ2n) is 5.82. The molecule has 0 radical (unpaired) electrons. The molecule has 0 aromatic carbocycles. The summed E-state index contributed by atoms with van der Waals surface area (Å²) >= 11 is 0. The molecule has 5 heteroatoms. The first-order valence-corrected chi connectivity index (χ1v) is 6.73. The van der Waals surface area contributed by atoms with Gasteiger partial charge in [0.25, 0.3) is 0 Å². The molecular weight excluding hydrogens is 242 g/mol. The zero-order valence-electron chi connectivity index (χ0n) is 12.3. The van der Waals surface area contributed by atoms with Crippen LogP contribution in [0.1, 0.15) is 33.6 Å². The van der Waals surface area contributed by atoms with Gasteiger partial charge < -0.3 is 20.4 Å². The second-order valence-corrected chi connectivity index (χ2v) is 5.82. The SMILES string of the molecule is CN/C=C(\C=N)C1CCN(C(=O)OC(C)(C)C)CC1. The third kappa shape index (κ3) is 4.93. The summed E-state index contributed by atoms with van der Waals surface area (Å²) in [4.78, 5) is 13.7. The largest absolute Gasteiger partial charge is 0.444 e. The average Bonchev–Trinajstić information content (AvgIpc) is 2.34. The van der Waals surface area contributed by atoms with Crippen molar-refractivity contribution < 1.29 is 9.53 Å². The molecule has 0 aromatic rings. The summed E-state index contributed by atoms with van der Waals surface area (Å²) < 4.78 is 5.36. The summed E-state index contributed by atoms with van der Waals surface area (Å²) in [6.45, 7) is 7.00. The molecule has 1 fully saturated rings. The van der Waals surface area contributed by atoms with Crippen LogP contribution in [0.2, 0.25) is 0 Å². The number of allylic oxidation sites excluding steroid dienone is 1. The fraction of sp³-hybridized carbons (Fsp3) is 0.714. The van der Waals surface area contributed by atoms with E-state index in [0.717, 1.165) is 18.4 Å². The van der Waals surface area contributed by atoms with Gasteiger partial charge in [0, 0.05) is 32.6 Å². The van der Waals surface area contributed by atoms with Gasteiger partial charge in [-0.15, -0.1) is 0 Å². The lowest BCUT2D eigenvalue weighted by molar-refractivity contribution is 0.0196. The van der Waals surface area contributed by atoms with E-state index in [1.807, 2.05) is 34.0 Å². The lowest BCUT2D eigenvalue weighted by Crippen LogP contribution is -2.42. The lowest BCUT2D eigenvalue weighted by Gasteiger charge is -2.33. The second kappa shape index (κ2) is 6.59. The van der Waals surface area contributed by atoms with Gasteiger partial charge in [-0.2, -0.15) is 0 Å².